The minimum Gasteiger partial charge on any atom is -0.330 e. The van der Waals surface area contributed by atoms with Crippen LogP contribution < -0.4 is 5.09 Å². The van der Waals surface area contributed by atoms with Crippen LogP contribution in [0.2, 0.25) is 0 Å². The summed E-state index contributed by atoms with van der Waals surface area (Å²) in [6, 6.07) is 24.5. The van der Waals surface area contributed by atoms with Gasteiger partial charge in [0.05, 0.1) is 15.0 Å². The van der Waals surface area contributed by atoms with E-state index < -0.39 is 17.3 Å². The molecule has 184 valence electrons. The van der Waals surface area contributed by atoms with Crippen LogP contribution in [0.4, 0.5) is 5.69 Å². The number of sulfonamides is 1. The van der Waals surface area contributed by atoms with E-state index in [0.717, 1.165) is 0 Å². The summed E-state index contributed by atoms with van der Waals surface area (Å²) in [5.74, 6) is 2.86. The predicted octanol–water partition coefficient (Wildman–Crippen LogP) is 7.88. The molecule has 0 heterocycles. The molecule has 0 bridgehead atoms. The zero-order valence-electron chi connectivity index (χ0n) is 19.4. The normalized spacial score (nSPS) is 13.2. The summed E-state index contributed by atoms with van der Waals surface area (Å²) in [5, 5.41) is 3.55. The lowest BCUT2D eigenvalue weighted by molar-refractivity contribution is 0.445. The van der Waals surface area contributed by atoms with Crippen LogP contribution in [0, 0.1) is 0 Å². The van der Waals surface area contributed by atoms with Crippen molar-refractivity contribution in [1.29, 1.82) is 0 Å². The average Bonchev–Trinajstić information content (AvgIpc) is 2.85. The number of nitrogens with zero attached hydrogens (tertiary/aromatic N) is 1. The summed E-state index contributed by atoms with van der Waals surface area (Å²) in [7, 11) is -7.23. The lowest BCUT2D eigenvalue weighted by Crippen LogP contribution is -2.30. The van der Waals surface area contributed by atoms with Gasteiger partial charge in [-0.05, 0) is 29.3 Å². The smallest absolute Gasteiger partial charge is 0.243 e. The fraction of sp³-hybridized carbons (Fsp3) is 0.154. The van der Waals surface area contributed by atoms with Crippen LogP contribution in [0.3, 0.4) is 0 Å². The number of hydrogen-bond acceptors (Lipinski definition) is 3. The minimum atomic E-state index is -3.69. The summed E-state index contributed by atoms with van der Waals surface area (Å²) in [6.45, 7) is 4.26. The lowest BCUT2D eigenvalue weighted by Gasteiger charge is -2.20. The molecule has 0 unspecified atom stereocenters. The number of benzene rings is 3. The maximum Gasteiger partial charge on any atom is 0.243 e. The van der Waals surface area contributed by atoms with E-state index in [4.69, 9.17) is 23.2 Å². The molecule has 0 aliphatic heterocycles. The third-order valence-corrected chi connectivity index (χ3v) is 10.1. The van der Waals surface area contributed by atoms with E-state index in [-0.39, 0.29) is 15.0 Å². The predicted molar refractivity (Wildman–Crippen MR) is 148 cm³/mol. The molecule has 0 aromatic heterocycles. The maximum atomic E-state index is 14.2. The monoisotopic (exact) mass is 548 g/mol. The zero-order valence-corrected chi connectivity index (χ0v) is 22.7. The van der Waals surface area contributed by atoms with Gasteiger partial charge in [0.15, 0.2) is 0 Å². The van der Waals surface area contributed by atoms with Gasteiger partial charge < -0.3 is 5.09 Å². The number of rotatable bonds is 10. The van der Waals surface area contributed by atoms with Gasteiger partial charge in [0.25, 0.3) is 0 Å². The first kappa shape index (κ1) is 27.3. The van der Waals surface area contributed by atoms with Crippen LogP contribution in [0.1, 0.15) is 25.0 Å². The Morgan fingerprint density at radius 1 is 0.829 bits per heavy atom. The number of hydrogen-bond donors (Lipinski definition) is 1. The molecule has 0 spiro atoms. The molecule has 3 aromatic carbocycles. The molecule has 3 rings (SSSR count). The van der Waals surface area contributed by atoms with Gasteiger partial charge in [0, 0.05) is 30.4 Å². The number of nitrogens with one attached hydrogen (secondary N) is 1. The Hall–Kier alpha value is -2.34. The first-order valence-corrected chi connectivity index (χ1v) is 15.1. The second kappa shape index (κ2) is 12.1. The minimum absolute atomic E-state index is 0.106. The molecule has 0 saturated carbocycles. The van der Waals surface area contributed by atoms with Crippen molar-refractivity contribution < 1.29 is 13.0 Å². The van der Waals surface area contributed by atoms with Gasteiger partial charge in [-0.2, -0.15) is 4.31 Å². The van der Waals surface area contributed by atoms with E-state index in [9.17, 15) is 13.0 Å². The Morgan fingerprint density at radius 3 is 1.77 bits per heavy atom. The van der Waals surface area contributed by atoms with Gasteiger partial charge in [-0.1, -0.05) is 104 Å². The Bertz CT molecular complexity index is 1300. The molecule has 5 nitrogen and oxygen atoms in total. The van der Waals surface area contributed by atoms with E-state index in [1.54, 1.807) is 26.0 Å². The fourth-order valence-electron chi connectivity index (χ4n) is 3.42. The average molecular weight is 549 g/mol. The van der Waals surface area contributed by atoms with Crippen molar-refractivity contribution in [2.24, 2.45) is 0 Å². The molecular weight excluding hydrogens is 522 g/mol. The van der Waals surface area contributed by atoms with E-state index in [2.05, 4.69) is 5.09 Å². The molecule has 0 aliphatic carbocycles. The third-order valence-electron chi connectivity index (χ3n) is 5.19. The van der Waals surface area contributed by atoms with Crippen molar-refractivity contribution in [2.45, 2.75) is 18.7 Å². The van der Waals surface area contributed by atoms with E-state index in [1.165, 1.54) is 28.1 Å². The summed E-state index contributed by atoms with van der Waals surface area (Å²) < 4.78 is 41.5. The quantitative estimate of drug-likeness (QED) is 0.261. The number of anilines is 1. The first-order valence-electron chi connectivity index (χ1n) is 11.0. The van der Waals surface area contributed by atoms with E-state index in [1.807, 2.05) is 60.7 Å². The lowest BCUT2D eigenvalue weighted by atomic mass is 10.2. The van der Waals surface area contributed by atoms with Gasteiger partial charge in [-0.25, -0.2) is 8.42 Å². The summed E-state index contributed by atoms with van der Waals surface area (Å²) in [4.78, 5) is 0.106. The Balaban J connectivity index is 2.06. The highest BCUT2D eigenvalue weighted by atomic mass is 35.5. The van der Waals surface area contributed by atoms with Crippen molar-refractivity contribution in [1.82, 2.24) is 4.31 Å². The van der Waals surface area contributed by atoms with Crippen molar-refractivity contribution in [3.8, 4) is 0 Å². The summed E-state index contributed by atoms with van der Waals surface area (Å²) in [5.41, 5.74) is 1.75. The van der Waals surface area contributed by atoms with Gasteiger partial charge in [0.1, 0.15) is 0 Å². The Labute approximate surface area is 217 Å². The van der Waals surface area contributed by atoms with E-state index >= 15 is 0 Å². The summed E-state index contributed by atoms with van der Waals surface area (Å²) >= 11 is 13.1. The van der Waals surface area contributed by atoms with Crippen molar-refractivity contribution in [3.05, 3.63) is 108 Å². The zero-order chi connectivity index (χ0) is 25.5. The molecule has 0 radical (unpaired) electrons. The van der Waals surface area contributed by atoms with Crippen LogP contribution in [0.15, 0.2) is 101 Å². The molecule has 35 heavy (non-hydrogen) atoms. The Kier molecular flexibility index (Phi) is 9.40. The van der Waals surface area contributed by atoms with Gasteiger partial charge in [-0.3, -0.25) is 4.57 Å². The standard InChI is InChI=1S/C26H27Cl2N2O3PS/c1-3-30(4-2)35(32,33)24-17-11-16-23(18-24)29-34(31,19-25(27)21-12-7-5-8-13-21)20-26(28)22-14-9-6-10-15-22/h5-20H,3-4H2,1-2H3,(H,29,31)/b25-19-,26-20-. The maximum absolute atomic E-state index is 14.2. The molecular formula is C26H27Cl2N2O3PS. The van der Waals surface area contributed by atoms with E-state index in [0.29, 0.717) is 29.9 Å². The highest BCUT2D eigenvalue weighted by Crippen LogP contribution is 2.53. The fourth-order valence-corrected chi connectivity index (χ4v) is 7.77. The van der Waals surface area contributed by atoms with Crippen molar-refractivity contribution in [3.63, 3.8) is 0 Å². The second-order valence-corrected chi connectivity index (χ2v) is 12.5. The van der Waals surface area contributed by atoms with Crippen molar-refractivity contribution in [2.75, 3.05) is 18.2 Å². The molecule has 0 fully saturated rings. The van der Waals surface area contributed by atoms with Crippen molar-refractivity contribution >= 4 is 56.3 Å². The van der Waals surface area contributed by atoms with Crippen LogP contribution in [0.5, 0.6) is 0 Å². The molecule has 0 amide bonds. The third kappa shape index (κ3) is 7.09. The topological polar surface area (TPSA) is 66.5 Å². The molecule has 1 N–H and O–H groups in total. The molecule has 9 heteroatoms. The molecule has 0 saturated heterocycles. The number of halogens is 2. The van der Waals surface area contributed by atoms with Crippen LogP contribution in [-0.4, -0.2) is 25.8 Å². The van der Waals surface area contributed by atoms with Crippen LogP contribution in [-0.2, 0) is 14.6 Å². The second-order valence-electron chi connectivity index (χ2n) is 7.62. The highest BCUT2D eigenvalue weighted by molar-refractivity contribution is 7.89. The highest BCUT2D eigenvalue weighted by Gasteiger charge is 2.24. The SMILES string of the molecule is CCN(CC)S(=O)(=O)c1cccc(NP(=O)(/C=C(\Cl)c2ccccc2)/C=C(\Cl)c2ccccc2)c1. The Morgan fingerprint density at radius 2 is 1.31 bits per heavy atom. The van der Waals surface area contributed by atoms with Gasteiger partial charge >= 0.3 is 0 Å². The van der Waals surface area contributed by atoms with Gasteiger partial charge in [0.2, 0.25) is 17.3 Å². The molecule has 3 aromatic rings. The summed E-state index contributed by atoms with van der Waals surface area (Å²) in [6.07, 6.45) is 0. The largest absolute Gasteiger partial charge is 0.330 e. The van der Waals surface area contributed by atoms with Crippen LogP contribution in [0.25, 0.3) is 10.1 Å². The first-order chi connectivity index (χ1) is 16.7. The van der Waals surface area contributed by atoms with Crippen LogP contribution >= 0.6 is 30.5 Å². The molecule has 0 atom stereocenters. The molecule has 0 aliphatic rings. The van der Waals surface area contributed by atoms with Gasteiger partial charge in [-0.15, -0.1) is 0 Å².